The molecule has 0 amide bonds. The molecule has 0 aliphatic carbocycles. The van der Waals surface area contributed by atoms with E-state index in [1.165, 1.54) is 6.42 Å². The number of carbonyl (C=O) groups is 1. The van der Waals surface area contributed by atoms with Crippen LogP contribution in [0.25, 0.3) is 0 Å². The first kappa shape index (κ1) is 12.5. The molecule has 0 aliphatic heterocycles. The highest BCUT2D eigenvalue weighted by Crippen LogP contribution is 2.22. The van der Waals surface area contributed by atoms with Gasteiger partial charge in [0, 0.05) is 0 Å². The van der Waals surface area contributed by atoms with E-state index in [4.69, 9.17) is 4.74 Å². The average Bonchev–Trinajstić information content (AvgIpc) is 2.13. The lowest BCUT2D eigenvalue weighted by molar-refractivity contribution is -0.130. The second-order valence-corrected chi connectivity index (χ2v) is 4.13. The van der Waals surface area contributed by atoms with Crippen LogP contribution in [0.3, 0.4) is 0 Å². The fourth-order valence-corrected chi connectivity index (χ4v) is 1.54. The van der Waals surface area contributed by atoms with E-state index in [-0.39, 0.29) is 0 Å². The number of ether oxygens (including phenoxy) is 1. The van der Waals surface area contributed by atoms with Crippen molar-refractivity contribution in [2.45, 2.75) is 40.5 Å². The minimum absolute atomic E-state index is 0.481. The van der Waals surface area contributed by atoms with Crippen LogP contribution in [0, 0.1) is 17.8 Å². The van der Waals surface area contributed by atoms with Gasteiger partial charge in [0.1, 0.15) is 0 Å². The zero-order valence-electron chi connectivity index (χ0n) is 9.25. The van der Waals surface area contributed by atoms with Crippen LogP contribution in [0.4, 0.5) is 0 Å². The number of carbonyl (C=O) groups excluding carboxylic acids is 1. The molecule has 0 aliphatic rings. The zero-order chi connectivity index (χ0) is 10.3. The van der Waals surface area contributed by atoms with Crippen molar-refractivity contribution in [3.8, 4) is 0 Å². The fourth-order valence-electron chi connectivity index (χ4n) is 1.54. The Labute approximate surface area is 81.7 Å². The molecule has 0 saturated carbocycles. The maximum Gasteiger partial charge on any atom is 0.293 e. The van der Waals surface area contributed by atoms with Gasteiger partial charge in [0.05, 0.1) is 6.61 Å². The summed E-state index contributed by atoms with van der Waals surface area (Å²) in [4.78, 5) is 9.96. The summed E-state index contributed by atoms with van der Waals surface area (Å²) < 4.78 is 4.73. The summed E-state index contributed by atoms with van der Waals surface area (Å²) in [5.41, 5.74) is 0. The zero-order valence-corrected chi connectivity index (χ0v) is 9.25. The van der Waals surface area contributed by atoms with E-state index >= 15 is 0 Å². The van der Waals surface area contributed by atoms with Gasteiger partial charge in [0.15, 0.2) is 0 Å². The Kier molecular flexibility index (Phi) is 6.65. The minimum atomic E-state index is 0.481. The van der Waals surface area contributed by atoms with E-state index in [1.54, 1.807) is 0 Å². The Hall–Kier alpha value is -0.530. The van der Waals surface area contributed by atoms with Gasteiger partial charge in [-0.3, -0.25) is 4.79 Å². The van der Waals surface area contributed by atoms with Crippen molar-refractivity contribution < 1.29 is 9.53 Å². The molecular weight excluding hydrogens is 164 g/mol. The van der Waals surface area contributed by atoms with Gasteiger partial charge in [0.2, 0.25) is 0 Å². The molecule has 0 saturated heterocycles. The van der Waals surface area contributed by atoms with Crippen LogP contribution in [-0.2, 0) is 9.53 Å². The highest BCUT2D eigenvalue weighted by Gasteiger charge is 2.14. The quantitative estimate of drug-likeness (QED) is 0.571. The molecule has 0 aromatic heterocycles. The maximum atomic E-state index is 9.96. The summed E-state index contributed by atoms with van der Waals surface area (Å²) in [5.74, 6) is 1.96. The Morgan fingerprint density at radius 1 is 1.23 bits per heavy atom. The topological polar surface area (TPSA) is 26.3 Å². The molecular formula is C11H22O2. The maximum absolute atomic E-state index is 9.96. The second kappa shape index (κ2) is 6.93. The Bertz CT molecular complexity index is 134. The molecule has 2 heteroatoms. The summed E-state index contributed by atoms with van der Waals surface area (Å²) in [6.07, 6.45) is 2.37. The van der Waals surface area contributed by atoms with Gasteiger partial charge in [-0.25, -0.2) is 0 Å². The SMILES string of the molecule is CCC(C)C(C)CC(C)COC=O. The fraction of sp³-hybridized carbons (Fsp3) is 0.909. The molecule has 0 aromatic rings. The van der Waals surface area contributed by atoms with Crippen molar-refractivity contribution in [3.63, 3.8) is 0 Å². The molecule has 0 heterocycles. The average molecular weight is 186 g/mol. The smallest absolute Gasteiger partial charge is 0.293 e. The number of hydrogen-bond acceptors (Lipinski definition) is 2. The van der Waals surface area contributed by atoms with Crippen LogP contribution in [0.1, 0.15) is 40.5 Å². The van der Waals surface area contributed by atoms with Gasteiger partial charge in [-0.05, 0) is 24.2 Å². The summed E-state index contributed by atoms with van der Waals surface area (Å²) >= 11 is 0. The van der Waals surface area contributed by atoms with Crippen molar-refractivity contribution in [1.82, 2.24) is 0 Å². The molecule has 78 valence electrons. The summed E-state index contributed by atoms with van der Waals surface area (Å²) in [7, 11) is 0. The van der Waals surface area contributed by atoms with Crippen molar-refractivity contribution >= 4 is 6.47 Å². The third-order valence-corrected chi connectivity index (χ3v) is 2.84. The molecule has 0 aromatic carbocycles. The van der Waals surface area contributed by atoms with Crippen LogP contribution in [0.2, 0.25) is 0 Å². The Morgan fingerprint density at radius 2 is 1.85 bits per heavy atom. The van der Waals surface area contributed by atoms with Gasteiger partial charge in [-0.1, -0.05) is 34.1 Å². The molecule has 2 nitrogen and oxygen atoms in total. The van der Waals surface area contributed by atoms with Crippen LogP contribution >= 0.6 is 0 Å². The largest absolute Gasteiger partial charge is 0.468 e. The van der Waals surface area contributed by atoms with Gasteiger partial charge < -0.3 is 4.74 Å². The molecule has 13 heavy (non-hydrogen) atoms. The first-order valence-corrected chi connectivity index (χ1v) is 5.17. The normalized spacial score (nSPS) is 17.5. The summed E-state index contributed by atoms with van der Waals surface area (Å²) in [6.45, 7) is 9.98. The molecule has 0 fully saturated rings. The van der Waals surface area contributed by atoms with Crippen molar-refractivity contribution in [1.29, 1.82) is 0 Å². The standard InChI is InChI=1S/C11H22O2/c1-5-10(3)11(4)6-9(2)7-13-8-12/h8-11H,5-7H2,1-4H3. The lowest BCUT2D eigenvalue weighted by Crippen LogP contribution is -2.14. The van der Waals surface area contributed by atoms with Crippen molar-refractivity contribution in [2.24, 2.45) is 17.8 Å². The molecule has 0 rings (SSSR count). The highest BCUT2D eigenvalue weighted by atomic mass is 16.5. The first-order valence-electron chi connectivity index (χ1n) is 5.17. The summed E-state index contributed by atoms with van der Waals surface area (Å²) in [5, 5.41) is 0. The third-order valence-electron chi connectivity index (χ3n) is 2.84. The van der Waals surface area contributed by atoms with Crippen LogP contribution in [0.5, 0.6) is 0 Å². The Balaban J connectivity index is 3.63. The van der Waals surface area contributed by atoms with E-state index in [9.17, 15) is 4.79 Å². The van der Waals surface area contributed by atoms with Gasteiger partial charge >= 0.3 is 0 Å². The van der Waals surface area contributed by atoms with E-state index in [1.807, 2.05) is 0 Å². The second-order valence-electron chi connectivity index (χ2n) is 4.13. The van der Waals surface area contributed by atoms with E-state index < -0.39 is 0 Å². The monoisotopic (exact) mass is 186 g/mol. The summed E-state index contributed by atoms with van der Waals surface area (Å²) in [6, 6.07) is 0. The van der Waals surface area contributed by atoms with Crippen molar-refractivity contribution in [3.05, 3.63) is 0 Å². The van der Waals surface area contributed by atoms with Gasteiger partial charge in [0.25, 0.3) is 6.47 Å². The Morgan fingerprint density at radius 3 is 2.31 bits per heavy atom. The van der Waals surface area contributed by atoms with Crippen molar-refractivity contribution in [2.75, 3.05) is 6.61 Å². The number of hydrogen-bond donors (Lipinski definition) is 0. The highest BCUT2D eigenvalue weighted by molar-refractivity contribution is 5.36. The van der Waals surface area contributed by atoms with Crippen LogP contribution in [-0.4, -0.2) is 13.1 Å². The predicted octanol–water partition coefficient (Wildman–Crippen LogP) is 2.87. The lowest BCUT2D eigenvalue weighted by atomic mass is 9.86. The first-order chi connectivity index (χ1) is 6.11. The molecule has 3 atom stereocenters. The van der Waals surface area contributed by atoms with E-state index in [0.717, 1.165) is 18.3 Å². The lowest BCUT2D eigenvalue weighted by Gasteiger charge is -2.21. The molecule has 3 unspecified atom stereocenters. The molecule has 0 bridgehead atoms. The minimum Gasteiger partial charge on any atom is -0.468 e. The van der Waals surface area contributed by atoms with E-state index in [2.05, 4.69) is 27.7 Å². The predicted molar refractivity (Wildman–Crippen MR) is 54.4 cm³/mol. The molecule has 0 radical (unpaired) electrons. The van der Waals surface area contributed by atoms with Crippen LogP contribution in [0.15, 0.2) is 0 Å². The van der Waals surface area contributed by atoms with E-state index in [0.29, 0.717) is 19.0 Å². The molecule has 0 spiro atoms. The van der Waals surface area contributed by atoms with Gasteiger partial charge in [-0.2, -0.15) is 0 Å². The third kappa shape index (κ3) is 5.67. The van der Waals surface area contributed by atoms with Crippen LogP contribution < -0.4 is 0 Å². The van der Waals surface area contributed by atoms with Gasteiger partial charge in [-0.15, -0.1) is 0 Å². The number of rotatable bonds is 7. The molecule has 0 N–H and O–H groups in total.